The average Bonchev–Trinajstić information content (AvgIpc) is 2.62. The Labute approximate surface area is 146 Å². The number of carbonyl (C=O) groups excluding carboxylic acids is 2. The summed E-state index contributed by atoms with van der Waals surface area (Å²) >= 11 is 0. The van der Waals surface area contributed by atoms with Gasteiger partial charge in [0.1, 0.15) is 6.04 Å². The van der Waals surface area contributed by atoms with Gasteiger partial charge in [0.25, 0.3) is 0 Å². The number of rotatable bonds is 4. The summed E-state index contributed by atoms with van der Waals surface area (Å²) in [5.41, 5.74) is 1.97. The van der Waals surface area contributed by atoms with Gasteiger partial charge in [0.05, 0.1) is 18.4 Å². The molecule has 1 fully saturated rings. The van der Waals surface area contributed by atoms with Crippen LogP contribution < -0.4 is 5.32 Å². The van der Waals surface area contributed by atoms with Gasteiger partial charge < -0.3 is 10.1 Å². The predicted octanol–water partition coefficient (Wildman–Crippen LogP) is 0.667. The van der Waals surface area contributed by atoms with E-state index in [1.165, 1.54) is 7.11 Å². The summed E-state index contributed by atoms with van der Waals surface area (Å²) in [5.74, 6) is -1.10. The van der Waals surface area contributed by atoms with Crippen LogP contribution >= 0.6 is 0 Å². The Bertz CT molecular complexity index is 831. The molecule has 1 atom stereocenters. The van der Waals surface area contributed by atoms with Crippen LogP contribution in [0.2, 0.25) is 0 Å². The van der Waals surface area contributed by atoms with E-state index >= 15 is 0 Å². The molecule has 0 bridgehead atoms. The second-order valence-electron chi connectivity index (χ2n) is 6.01. The first-order chi connectivity index (χ1) is 11.9. The maximum Gasteiger partial charge on any atom is 0.307 e. The van der Waals surface area contributed by atoms with E-state index in [1.54, 1.807) is 6.08 Å². The van der Waals surface area contributed by atoms with Crippen LogP contribution in [0.1, 0.15) is 24.0 Å². The van der Waals surface area contributed by atoms with Gasteiger partial charge >= 0.3 is 5.97 Å². The standard InChI is InChI=1S/C17H20N2O5S/c1-24-16(20)11-15-17(21)18-8-9-19(15)25(22,23)14-7-6-12-4-2-3-5-13(12)10-14/h2-5,10,15H,6-9,11H2,1H3,(H,18,21). The second-order valence-corrected chi connectivity index (χ2v) is 7.96. The van der Waals surface area contributed by atoms with E-state index in [1.807, 2.05) is 24.3 Å². The molecule has 2 aliphatic rings. The van der Waals surface area contributed by atoms with Crippen LogP contribution in [0, 0.1) is 0 Å². The number of ether oxygens (including phenoxy) is 1. The van der Waals surface area contributed by atoms with Crippen LogP contribution in [0.25, 0.3) is 6.08 Å². The Balaban J connectivity index is 1.94. The van der Waals surface area contributed by atoms with Gasteiger partial charge in [-0.2, -0.15) is 4.31 Å². The lowest BCUT2D eigenvalue weighted by atomic mass is 9.98. The number of allylic oxidation sites excluding steroid dienone is 1. The van der Waals surface area contributed by atoms with Crippen molar-refractivity contribution in [3.63, 3.8) is 0 Å². The van der Waals surface area contributed by atoms with E-state index < -0.39 is 27.9 Å². The van der Waals surface area contributed by atoms with Crippen molar-refractivity contribution in [2.75, 3.05) is 20.2 Å². The SMILES string of the molecule is COC(=O)CC1C(=O)NCCN1S(=O)(=O)C1=Cc2ccccc2CC1. The number of fused-ring (bicyclic) bond motifs is 1. The van der Waals surface area contributed by atoms with Crippen molar-refractivity contribution >= 4 is 28.0 Å². The van der Waals surface area contributed by atoms with E-state index in [4.69, 9.17) is 0 Å². The number of methoxy groups -OCH3 is 1. The quantitative estimate of drug-likeness (QED) is 0.793. The molecule has 1 aromatic rings. The van der Waals surface area contributed by atoms with Gasteiger partial charge in [-0.3, -0.25) is 9.59 Å². The fraction of sp³-hybridized carbons (Fsp3) is 0.412. The zero-order valence-corrected chi connectivity index (χ0v) is 14.7. The van der Waals surface area contributed by atoms with Crippen LogP contribution in [0.5, 0.6) is 0 Å². The van der Waals surface area contributed by atoms with Crippen molar-refractivity contribution in [3.05, 3.63) is 40.3 Å². The number of hydrogen-bond acceptors (Lipinski definition) is 5. The molecule has 1 amide bonds. The second kappa shape index (κ2) is 6.97. The van der Waals surface area contributed by atoms with Crippen LogP contribution in [0.3, 0.4) is 0 Å². The third kappa shape index (κ3) is 3.45. The smallest absolute Gasteiger partial charge is 0.307 e. The van der Waals surface area contributed by atoms with Gasteiger partial charge in [0, 0.05) is 13.1 Å². The summed E-state index contributed by atoms with van der Waals surface area (Å²) in [4.78, 5) is 24.0. The number of piperazine rings is 1. The molecule has 1 aliphatic heterocycles. The summed E-state index contributed by atoms with van der Waals surface area (Å²) in [6.45, 7) is 0.355. The molecule has 1 aliphatic carbocycles. The highest BCUT2D eigenvalue weighted by Crippen LogP contribution is 2.30. The average molecular weight is 364 g/mol. The third-order valence-corrected chi connectivity index (χ3v) is 6.56. The highest BCUT2D eigenvalue weighted by atomic mass is 32.2. The number of hydrogen-bond donors (Lipinski definition) is 1. The zero-order chi connectivity index (χ0) is 18.0. The molecule has 1 heterocycles. The molecule has 25 heavy (non-hydrogen) atoms. The normalized spacial score (nSPS) is 21.1. The Hall–Kier alpha value is -2.19. The van der Waals surface area contributed by atoms with E-state index in [0.29, 0.717) is 12.8 Å². The molecule has 0 radical (unpaired) electrons. The van der Waals surface area contributed by atoms with Gasteiger partial charge in [0.15, 0.2) is 0 Å². The van der Waals surface area contributed by atoms with Gasteiger partial charge in [0.2, 0.25) is 15.9 Å². The third-order valence-electron chi connectivity index (χ3n) is 4.52. The summed E-state index contributed by atoms with van der Waals surface area (Å²) in [6.07, 6.45) is 2.37. The first-order valence-electron chi connectivity index (χ1n) is 8.08. The van der Waals surface area contributed by atoms with Crippen molar-refractivity contribution in [2.45, 2.75) is 25.3 Å². The minimum atomic E-state index is -3.84. The highest BCUT2D eigenvalue weighted by Gasteiger charge is 2.41. The first kappa shape index (κ1) is 17.6. The van der Waals surface area contributed by atoms with Crippen molar-refractivity contribution in [1.82, 2.24) is 9.62 Å². The van der Waals surface area contributed by atoms with E-state index in [-0.39, 0.29) is 24.4 Å². The lowest BCUT2D eigenvalue weighted by Crippen LogP contribution is -2.57. The lowest BCUT2D eigenvalue weighted by Gasteiger charge is -2.34. The van der Waals surface area contributed by atoms with Crippen molar-refractivity contribution < 1.29 is 22.7 Å². The number of nitrogens with zero attached hydrogens (tertiary/aromatic N) is 1. The zero-order valence-electron chi connectivity index (χ0n) is 13.9. The molecule has 8 heteroatoms. The lowest BCUT2D eigenvalue weighted by molar-refractivity contribution is -0.144. The maximum absolute atomic E-state index is 13.1. The summed E-state index contributed by atoms with van der Waals surface area (Å²) in [6, 6.07) is 6.55. The summed E-state index contributed by atoms with van der Waals surface area (Å²) in [5, 5.41) is 2.61. The molecule has 1 saturated heterocycles. The monoisotopic (exact) mass is 364 g/mol. The molecule has 1 N–H and O–H groups in total. The van der Waals surface area contributed by atoms with Crippen molar-refractivity contribution in [3.8, 4) is 0 Å². The maximum atomic E-state index is 13.1. The first-order valence-corrected chi connectivity index (χ1v) is 9.52. The van der Waals surface area contributed by atoms with Crippen LogP contribution in [-0.2, 0) is 30.8 Å². The molecule has 3 rings (SSSR count). The topological polar surface area (TPSA) is 92.8 Å². The molecular formula is C17H20N2O5S. The summed E-state index contributed by atoms with van der Waals surface area (Å²) < 4.78 is 31.9. The van der Waals surface area contributed by atoms with E-state index in [0.717, 1.165) is 15.4 Å². The largest absolute Gasteiger partial charge is 0.469 e. The molecule has 134 valence electrons. The number of aryl methyl sites for hydroxylation is 1. The van der Waals surface area contributed by atoms with E-state index in [9.17, 15) is 18.0 Å². The number of carbonyl (C=O) groups is 2. The Morgan fingerprint density at radius 3 is 2.84 bits per heavy atom. The fourth-order valence-electron chi connectivity index (χ4n) is 3.18. The van der Waals surface area contributed by atoms with Gasteiger partial charge in [-0.1, -0.05) is 24.3 Å². The van der Waals surface area contributed by atoms with Gasteiger partial charge in [-0.15, -0.1) is 0 Å². The van der Waals surface area contributed by atoms with Crippen molar-refractivity contribution in [1.29, 1.82) is 0 Å². The minimum absolute atomic E-state index is 0.134. The number of esters is 1. The number of nitrogens with one attached hydrogen (secondary N) is 1. The van der Waals surface area contributed by atoms with Gasteiger partial charge in [-0.25, -0.2) is 8.42 Å². The van der Waals surface area contributed by atoms with E-state index in [2.05, 4.69) is 10.1 Å². The number of amides is 1. The molecule has 0 saturated carbocycles. The minimum Gasteiger partial charge on any atom is -0.469 e. The van der Waals surface area contributed by atoms with Crippen molar-refractivity contribution in [2.24, 2.45) is 0 Å². The van der Waals surface area contributed by atoms with Crippen LogP contribution in [0.15, 0.2) is 29.2 Å². The molecule has 0 spiro atoms. The summed E-state index contributed by atoms with van der Waals surface area (Å²) in [7, 11) is -2.63. The predicted molar refractivity (Wildman–Crippen MR) is 91.8 cm³/mol. The van der Waals surface area contributed by atoms with Gasteiger partial charge in [-0.05, 0) is 30.0 Å². The Morgan fingerprint density at radius 1 is 1.32 bits per heavy atom. The molecular weight excluding hydrogens is 344 g/mol. The van der Waals surface area contributed by atoms with Crippen LogP contribution in [0.4, 0.5) is 0 Å². The molecule has 1 unspecified atom stereocenters. The highest BCUT2D eigenvalue weighted by molar-refractivity contribution is 7.93. The van der Waals surface area contributed by atoms with Crippen LogP contribution in [-0.4, -0.2) is 50.8 Å². The number of sulfonamides is 1. The molecule has 0 aromatic heterocycles. The molecule has 7 nitrogen and oxygen atoms in total. The molecule has 1 aromatic carbocycles. The Morgan fingerprint density at radius 2 is 2.08 bits per heavy atom. The fourth-order valence-corrected chi connectivity index (χ4v) is 4.95. The number of benzene rings is 1. The Kier molecular flexibility index (Phi) is 4.91.